The van der Waals surface area contributed by atoms with Crippen molar-refractivity contribution in [3.05, 3.63) is 28.2 Å². The number of carbonyl (C=O) groups is 2. The Morgan fingerprint density at radius 3 is 2.78 bits per heavy atom. The van der Waals surface area contributed by atoms with Crippen molar-refractivity contribution in [2.75, 3.05) is 6.61 Å². The Hall–Kier alpha value is -1.60. The molecule has 0 aromatic heterocycles. The number of benzene rings is 1. The van der Waals surface area contributed by atoms with Crippen LogP contribution in [0, 0.1) is 0 Å². The number of primary amides is 1. The molecule has 0 unspecified atom stereocenters. The summed E-state index contributed by atoms with van der Waals surface area (Å²) in [5, 5.41) is 11.4. The van der Waals surface area contributed by atoms with E-state index in [9.17, 15) is 14.7 Å². The van der Waals surface area contributed by atoms with E-state index in [1.165, 1.54) is 0 Å². The molecule has 4 N–H and O–H groups in total. The highest BCUT2D eigenvalue weighted by Crippen LogP contribution is 2.28. The van der Waals surface area contributed by atoms with E-state index >= 15 is 0 Å². The number of carbonyl (C=O) groups excluding carboxylic acids is 2. The van der Waals surface area contributed by atoms with Gasteiger partial charge in [0.1, 0.15) is 5.75 Å². The molecule has 3 amide bonds. The molecule has 1 atom stereocenters. The number of urea groups is 1. The molecule has 0 aliphatic rings. The average molecular weight is 317 g/mol. The summed E-state index contributed by atoms with van der Waals surface area (Å²) >= 11 is 3.26. The SMILES string of the molecule is C[C@@H](O)c1ccc(Br)cc1OCC(=O)NC(N)=O. The highest BCUT2D eigenvalue weighted by atomic mass is 79.9. The van der Waals surface area contributed by atoms with E-state index < -0.39 is 18.0 Å². The van der Waals surface area contributed by atoms with Gasteiger partial charge in [-0.05, 0) is 19.1 Å². The first-order valence-corrected chi connectivity index (χ1v) is 5.89. The molecular weight excluding hydrogens is 304 g/mol. The largest absolute Gasteiger partial charge is 0.483 e. The molecule has 0 aliphatic carbocycles. The third-order valence-electron chi connectivity index (χ3n) is 2.05. The van der Waals surface area contributed by atoms with Gasteiger partial charge in [-0.15, -0.1) is 0 Å². The number of aliphatic hydroxyl groups is 1. The van der Waals surface area contributed by atoms with Crippen LogP contribution in [-0.2, 0) is 4.79 Å². The van der Waals surface area contributed by atoms with Gasteiger partial charge < -0.3 is 15.6 Å². The van der Waals surface area contributed by atoms with Crippen LogP contribution in [0.2, 0.25) is 0 Å². The van der Waals surface area contributed by atoms with Gasteiger partial charge in [0.15, 0.2) is 6.61 Å². The second-order valence-electron chi connectivity index (χ2n) is 3.56. The van der Waals surface area contributed by atoms with Gasteiger partial charge >= 0.3 is 6.03 Å². The molecule has 0 spiro atoms. The summed E-state index contributed by atoms with van der Waals surface area (Å²) in [5.74, 6) is -0.294. The van der Waals surface area contributed by atoms with E-state index in [2.05, 4.69) is 15.9 Å². The van der Waals surface area contributed by atoms with Crippen molar-refractivity contribution in [1.82, 2.24) is 5.32 Å². The van der Waals surface area contributed by atoms with E-state index in [0.717, 1.165) is 4.47 Å². The number of nitrogens with one attached hydrogen (secondary N) is 1. The summed E-state index contributed by atoms with van der Waals surface area (Å²) in [6, 6.07) is 4.11. The summed E-state index contributed by atoms with van der Waals surface area (Å²) in [7, 11) is 0. The molecule has 1 aromatic carbocycles. The van der Waals surface area contributed by atoms with Crippen LogP contribution in [-0.4, -0.2) is 23.7 Å². The van der Waals surface area contributed by atoms with Crippen molar-refractivity contribution in [3.8, 4) is 5.75 Å². The van der Waals surface area contributed by atoms with E-state index in [-0.39, 0.29) is 6.61 Å². The lowest BCUT2D eigenvalue weighted by atomic mass is 10.1. The first-order chi connectivity index (χ1) is 8.40. The number of rotatable bonds is 4. The Balaban J connectivity index is 2.74. The minimum atomic E-state index is -0.936. The van der Waals surface area contributed by atoms with E-state index in [0.29, 0.717) is 11.3 Å². The number of hydrogen-bond acceptors (Lipinski definition) is 4. The maximum absolute atomic E-state index is 11.2. The maximum Gasteiger partial charge on any atom is 0.318 e. The molecule has 7 heteroatoms. The van der Waals surface area contributed by atoms with Crippen LogP contribution in [0.25, 0.3) is 0 Å². The molecule has 18 heavy (non-hydrogen) atoms. The smallest absolute Gasteiger partial charge is 0.318 e. The Bertz CT molecular complexity index is 462. The fourth-order valence-corrected chi connectivity index (χ4v) is 1.64. The molecule has 0 heterocycles. The number of imide groups is 1. The normalized spacial score (nSPS) is 11.7. The fraction of sp³-hybridized carbons (Fsp3) is 0.273. The van der Waals surface area contributed by atoms with Crippen LogP contribution in [0.3, 0.4) is 0 Å². The van der Waals surface area contributed by atoms with Crippen LogP contribution in [0.15, 0.2) is 22.7 Å². The second-order valence-corrected chi connectivity index (χ2v) is 4.47. The first-order valence-electron chi connectivity index (χ1n) is 5.09. The molecule has 6 nitrogen and oxygen atoms in total. The molecule has 98 valence electrons. The number of hydrogen-bond donors (Lipinski definition) is 3. The summed E-state index contributed by atoms with van der Waals surface area (Å²) in [6.07, 6.45) is -0.729. The zero-order valence-corrected chi connectivity index (χ0v) is 11.2. The number of halogens is 1. The number of nitrogens with two attached hydrogens (primary N) is 1. The van der Waals surface area contributed by atoms with Crippen LogP contribution in [0.5, 0.6) is 5.75 Å². The molecule has 0 radical (unpaired) electrons. The number of ether oxygens (including phenoxy) is 1. The third-order valence-corrected chi connectivity index (χ3v) is 2.54. The van der Waals surface area contributed by atoms with Crippen molar-refractivity contribution in [2.45, 2.75) is 13.0 Å². The van der Waals surface area contributed by atoms with Crippen molar-refractivity contribution in [2.24, 2.45) is 5.73 Å². The minimum absolute atomic E-state index is 0.360. The summed E-state index contributed by atoms with van der Waals surface area (Å²) in [6.45, 7) is 1.22. The van der Waals surface area contributed by atoms with Crippen molar-refractivity contribution < 1.29 is 19.4 Å². The predicted octanol–water partition coefficient (Wildman–Crippen LogP) is 1.08. The molecule has 0 saturated heterocycles. The minimum Gasteiger partial charge on any atom is -0.483 e. The molecule has 1 aromatic rings. The molecule has 0 fully saturated rings. The van der Waals surface area contributed by atoms with Crippen molar-refractivity contribution in [1.29, 1.82) is 0 Å². The van der Waals surface area contributed by atoms with Crippen molar-refractivity contribution >= 4 is 27.9 Å². The van der Waals surface area contributed by atoms with Gasteiger partial charge in [0, 0.05) is 10.0 Å². The second kappa shape index (κ2) is 6.36. The molecular formula is C11H13BrN2O4. The molecule has 0 bridgehead atoms. The lowest BCUT2D eigenvalue weighted by Crippen LogP contribution is -2.38. The van der Waals surface area contributed by atoms with Crippen LogP contribution >= 0.6 is 15.9 Å². The quantitative estimate of drug-likeness (QED) is 0.773. The van der Waals surface area contributed by atoms with Gasteiger partial charge in [0.05, 0.1) is 6.10 Å². The molecule has 1 rings (SSSR count). The highest BCUT2D eigenvalue weighted by molar-refractivity contribution is 9.10. The highest BCUT2D eigenvalue weighted by Gasteiger charge is 2.12. The summed E-state index contributed by atoms with van der Waals surface area (Å²) < 4.78 is 5.98. The van der Waals surface area contributed by atoms with Gasteiger partial charge in [0.25, 0.3) is 5.91 Å². The Labute approximate surface area is 112 Å². The van der Waals surface area contributed by atoms with Gasteiger partial charge in [-0.2, -0.15) is 0 Å². The maximum atomic E-state index is 11.2. The standard InChI is InChI=1S/C11H13BrN2O4/c1-6(15)8-3-2-7(12)4-9(8)18-5-10(16)14-11(13)17/h2-4,6,15H,5H2,1H3,(H3,13,14,16,17)/t6-/m1/s1. The van der Waals surface area contributed by atoms with Crippen LogP contribution in [0.4, 0.5) is 4.79 Å². The Kier molecular flexibility index (Phi) is 5.11. The monoisotopic (exact) mass is 316 g/mol. The van der Waals surface area contributed by atoms with Gasteiger partial charge in [-0.3, -0.25) is 10.1 Å². The van der Waals surface area contributed by atoms with Gasteiger partial charge in [-0.25, -0.2) is 4.79 Å². The van der Waals surface area contributed by atoms with E-state index in [1.54, 1.807) is 25.1 Å². The topological polar surface area (TPSA) is 102 Å². The fourth-order valence-electron chi connectivity index (χ4n) is 1.30. The predicted molar refractivity (Wildman–Crippen MR) is 68.0 cm³/mol. The van der Waals surface area contributed by atoms with Crippen molar-refractivity contribution in [3.63, 3.8) is 0 Å². The average Bonchev–Trinajstić information content (AvgIpc) is 2.25. The van der Waals surface area contributed by atoms with E-state index in [1.807, 2.05) is 5.32 Å². The lowest BCUT2D eigenvalue weighted by molar-refractivity contribution is -0.121. The zero-order valence-electron chi connectivity index (χ0n) is 9.64. The Morgan fingerprint density at radius 2 is 2.22 bits per heavy atom. The summed E-state index contributed by atoms with van der Waals surface area (Å²) in [4.78, 5) is 21.6. The zero-order chi connectivity index (χ0) is 13.7. The van der Waals surface area contributed by atoms with E-state index in [4.69, 9.17) is 10.5 Å². The lowest BCUT2D eigenvalue weighted by Gasteiger charge is -2.13. The third kappa shape index (κ3) is 4.34. The summed E-state index contributed by atoms with van der Waals surface area (Å²) in [5.41, 5.74) is 5.34. The van der Waals surface area contributed by atoms with Crippen LogP contribution in [0.1, 0.15) is 18.6 Å². The van der Waals surface area contributed by atoms with Gasteiger partial charge in [-0.1, -0.05) is 22.0 Å². The van der Waals surface area contributed by atoms with Gasteiger partial charge in [0.2, 0.25) is 0 Å². The Morgan fingerprint density at radius 1 is 1.56 bits per heavy atom. The number of aliphatic hydroxyl groups excluding tert-OH is 1. The molecule has 0 aliphatic heterocycles. The number of amides is 3. The first kappa shape index (κ1) is 14.5. The molecule has 0 saturated carbocycles. The van der Waals surface area contributed by atoms with Crippen LogP contribution < -0.4 is 15.8 Å².